The standard InChI is InChI=1S/C32H34ClNO6/c1-20-10-5-7-13-23(20)28(35)24-16-15-22(18-25(24)33)34-26-14-8-6-11-21(26)12-9-17-37-19-27-29-30(31(36-4)38-27)40-32(2,3)39-29/h5-16,18,27,29-31,34H,17,19H2,1-4H3/t27-,29-,30-,31-/m1/s1. The first-order valence-corrected chi connectivity index (χ1v) is 13.7. The van der Waals surface area contributed by atoms with Crippen LogP contribution in [0, 0.1) is 6.92 Å². The summed E-state index contributed by atoms with van der Waals surface area (Å²) in [7, 11) is 1.60. The van der Waals surface area contributed by atoms with Gasteiger partial charge in [-0.3, -0.25) is 4.79 Å². The molecule has 2 aliphatic rings. The molecular weight excluding hydrogens is 530 g/mol. The summed E-state index contributed by atoms with van der Waals surface area (Å²) >= 11 is 6.55. The molecule has 3 aromatic rings. The summed E-state index contributed by atoms with van der Waals surface area (Å²) in [5.74, 6) is -0.767. The number of anilines is 2. The van der Waals surface area contributed by atoms with Crippen molar-refractivity contribution in [1.82, 2.24) is 0 Å². The highest BCUT2D eigenvalue weighted by atomic mass is 35.5. The maximum Gasteiger partial charge on any atom is 0.194 e. The quantitative estimate of drug-likeness (QED) is 0.221. The average Bonchev–Trinajstić information content (AvgIpc) is 3.42. The summed E-state index contributed by atoms with van der Waals surface area (Å²) in [6, 6.07) is 20.8. The van der Waals surface area contributed by atoms with E-state index in [0.29, 0.717) is 29.4 Å². The van der Waals surface area contributed by atoms with Crippen LogP contribution in [0.4, 0.5) is 11.4 Å². The molecule has 40 heavy (non-hydrogen) atoms. The minimum absolute atomic E-state index is 0.0926. The molecule has 2 aliphatic heterocycles. The van der Waals surface area contributed by atoms with E-state index < -0.39 is 12.1 Å². The molecular formula is C32H34ClNO6. The molecule has 0 unspecified atom stereocenters. The monoisotopic (exact) mass is 563 g/mol. The zero-order valence-corrected chi connectivity index (χ0v) is 23.8. The van der Waals surface area contributed by atoms with E-state index in [0.717, 1.165) is 22.5 Å². The Kier molecular flexibility index (Phi) is 8.71. The number of nitrogens with one attached hydrogen (secondary N) is 1. The molecule has 3 aromatic carbocycles. The van der Waals surface area contributed by atoms with Crippen molar-refractivity contribution in [2.75, 3.05) is 25.6 Å². The summed E-state index contributed by atoms with van der Waals surface area (Å²) in [5, 5.41) is 3.80. The van der Waals surface area contributed by atoms with Crippen molar-refractivity contribution in [1.29, 1.82) is 0 Å². The Morgan fingerprint density at radius 2 is 1.77 bits per heavy atom. The summed E-state index contributed by atoms with van der Waals surface area (Å²) in [6.07, 6.45) is 2.69. The van der Waals surface area contributed by atoms with Crippen molar-refractivity contribution in [3.8, 4) is 0 Å². The molecule has 0 spiro atoms. The average molecular weight is 564 g/mol. The van der Waals surface area contributed by atoms with Crippen LogP contribution in [0.3, 0.4) is 0 Å². The van der Waals surface area contributed by atoms with Crippen LogP contribution in [0.2, 0.25) is 5.02 Å². The molecule has 4 atom stereocenters. The number of hydrogen-bond acceptors (Lipinski definition) is 7. The molecule has 7 nitrogen and oxygen atoms in total. The zero-order chi connectivity index (χ0) is 28.3. The SMILES string of the molecule is CO[C@@H]1O[C@H](COCC=Cc2ccccc2Nc2ccc(C(=O)c3ccccc3C)c(Cl)c2)[C@H]2OC(C)(C)O[C@@H]12. The minimum atomic E-state index is -0.675. The van der Waals surface area contributed by atoms with Crippen LogP contribution in [0.1, 0.15) is 40.9 Å². The van der Waals surface area contributed by atoms with Crippen molar-refractivity contribution in [3.63, 3.8) is 0 Å². The summed E-state index contributed by atoms with van der Waals surface area (Å²) in [6.45, 7) is 6.45. The van der Waals surface area contributed by atoms with E-state index in [1.807, 2.05) is 87.5 Å². The van der Waals surface area contributed by atoms with Gasteiger partial charge in [-0.2, -0.15) is 0 Å². The number of carbonyl (C=O) groups excluding carboxylic acids is 1. The van der Waals surface area contributed by atoms with Gasteiger partial charge in [0, 0.05) is 29.6 Å². The molecule has 5 rings (SSSR count). The predicted molar refractivity (Wildman–Crippen MR) is 155 cm³/mol. The summed E-state index contributed by atoms with van der Waals surface area (Å²) < 4.78 is 29.2. The van der Waals surface area contributed by atoms with Gasteiger partial charge in [-0.15, -0.1) is 0 Å². The van der Waals surface area contributed by atoms with Gasteiger partial charge < -0.3 is 29.0 Å². The highest BCUT2D eigenvalue weighted by Gasteiger charge is 2.55. The topological polar surface area (TPSA) is 75.2 Å². The third-order valence-electron chi connectivity index (χ3n) is 6.98. The van der Waals surface area contributed by atoms with Gasteiger partial charge in [0.15, 0.2) is 17.9 Å². The van der Waals surface area contributed by atoms with Crippen molar-refractivity contribution >= 4 is 34.8 Å². The smallest absolute Gasteiger partial charge is 0.194 e. The Hall–Kier alpha value is -3.04. The number of aryl methyl sites for hydroxylation is 1. The Balaban J connectivity index is 1.19. The van der Waals surface area contributed by atoms with E-state index in [1.165, 1.54) is 0 Å². The Morgan fingerprint density at radius 3 is 2.55 bits per heavy atom. The lowest BCUT2D eigenvalue weighted by molar-refractivity contribution is -0.231. The van der Waals surface area contributed by atoms with Crippen LogP contribution in [0.15, 0.2) is 72.8 Å². The Bertz CT molecular complexity index is 1390. The van der Waals surface area contributed by atoms with E-state index >= 15 is 0 Å². The first kappa shape index (κ1) is 28.5. The van der Waals surface area contributed by atoms with Gasteiger partial charge in [0.1, 0.15) is 18.3 Å². The molecule has 1 N–H and O–H groups in total. The summed E-state index contributed by atoms with van der Waals surface area (Å²) in [4.78, 5) is 13.0. The van der Waals surface area contributed by atoms with E-state index in [4.69, 9.17) is 35.3 Å². The predicted octanol–water partition coefficient (Wildman–Crippen LogP) is 6.54. The van der Waals surface area contributed by atoms with Gasteiger partial charge in [0.25, 0.3) is 0 Å². The molecule has 0 aromatic heterocycles. The number of ketones is 1. The van der Waals surface area contributed by atoms with E-state index in [1.54, 1.807) is 19.2 Å². The Morgan fingerprint density at radius 1 is 1.02 bits per heavy atom. The molecule has 0 saturated carbocycles. The second-order valence-corrected chi connectivity index (χ2v) is 10.7. The number of hydrogen-bond donors (Lipinski definition) is 1. The number of ether oxygens (including phenoxy) is 5. The maximum absolute atomic E-state index is 13.0. The molecule has 0 amide bonds. The normalized spacial score (nSPS) is 23.4. The number of halogens is 1. The number of rotatable bonds is 10. The molecule has 0 radical (unpaired) electrons. The van der Waals surface area contributed by atoms with Crippen LogP contribution >= 0.6 is 11.6 Å². The van der Waals surface area contributed by atoms with E-state index in [-0.39, 0.29) is 24.1 Å². The number of benzene rings is 3. The van der Waals surface area contributed by atoms with Gasteiger partial charge in [0.2, 0.25) is 0 Å². The second kappa shape index (κ2) is 12.2. The fourth-order valence-corrected chi connectivity index (χ4v) is 5.32. The van der Waals surface area contributed by atoms with Gasteiger partial charge in [-0.25, -0.2) is 0 Å². The van der Waals surface area contributed by atoms with Crippen molar-refractivity contribution in [2.24, 2.45) is 0 Å². The Labute approximate surface area is 240 Å². The summed E-state index contributed by atoms with van der Waals surface area (Å²) in [5.41, 5.74) is 4.70. The second-order valence-electron chi connectivity index (χ2n) is 10.3. The van der Waals surface area contributed by atoms with Gasteiger partial charge in [-0.1, -0.05) is 66.2 Å². The fourth-order valence-electron chi connectivity index (χ4n) is 5.05. The van der Waals surface area contributed by atoms with Crippen LogP contribution in [0.5, 0.6) is 0 Å². The minimum Gasteiger partial charge on any atom is -0.375 e. The number of methoxy groups -OCH3 is 1. The van der Waals surface area contributed by atoms with Crippen LogP contribution < -0.4 is 5.32 Å². The van der Waals surface area contributed by atoms with Gasteiger partial charge >= 0.3 is 0 Å². The first-order chi connectivity index (χ1) is 19.3. The lowest BCUT2D eigenvalue weighted by atomic mass is 9.99. The van der Waals surface area contributed by atoms with E-state index in [9.17, 15) is 4.79 Å². The number of para-hydroxylation sites is 1. The maximum atomic E-state index is 13.0. The highest BCUT2D eigenvalue weighted by molar-refractivity contribution is 6.35. The lowest BCUT2D eigenvalue weighted by Gasteiger charge is -2.23. The van der Waals surface area contributed by atoms with Crippen LogP contribution in [0.25, 0.3) is 6.08 Å². The van der Waals surface area contributed by atoms with Crippen molar-refractivity contribution in [2.45, 2.75) is 51.2 Å². The lowest BCUT2D eigenvalue weighted by Crippen LogP contribution is -2.33. The molecule has 2 saturated heterocycles. The molecule has 0 aliphatic carbocycles. The van der Waals surface area contributed by atoms with E-state index in [2.05, 4.69) is 5.32 Å². The van der Waals surface area contributed by atoms with Gasteiger partial charge in [0.05, 0.1) is 18.2 Å². The first-order valence-electron chi connectivity index (χ1n) is 13.3. The largest absolute Gasteiger partial charge is 0.375 e. The van der Waals surface area contributed by atoms with Crippen LogP contribution in [-0.4, -0.2) is 56.5 Å². The number of carbonyl (C=O) groups is 1. The van der Waals surface area contributed by atoms with Gasteiger partial charge in [-0.05, 0) is 56.2 Å². The fraction of sp³-hybridized carbons (Fsp3) is 0.344. The molecule has 2 heterocycles. The molecule has 2 fully saturated rings. The highest BCUT2D eigenvalue weighted by Crippen LogP contribution is 2.39. The zero-order valence-electron chi connectivity index (χ0n) is 23.1. The molecule has 210 valence electrons. The van der Waals surface area contributed by atoms with Crippen molar-refractivity contribution < 1.29 is 28.5 Å². The van der Waals surface area contributed by atoms with Crippen molar-refractivity contribution in [3.05, 3.63) is 100 Å². The molecule has 0 bridgehead atoms. The number of fused-ring (bicyclic) bond motifs is 1. The van der Waals surface area contributed by atoms with Crippen LogP contribution in [-0.2, 0) is 23.7 Å². The third-order valence-corrected chi connectivity index (χ3v) is 7.29. The third kappa shape index (κ3) is 6.31. The molecule has 8 heteroatoms.